The predicted molar refractivity (Wildman–Crippen MR) is 113 cm³/mol. The van der Waals surface area contributed by atoms with Gasteiger partial charge in [0.1, 0.15) is 0 Å². The molecule has 2 aromatic rings. The Bertz CT molecular complexity index is 680. The lowest BCUT2D eigenvalue weighted by Crippen LogP contribution is -2.46. The molecule has 2 aromatic carbocycles. The minimum absolute atomic E-state index is 0.597. The molecule has 0 spiro atoms. The lowest BCUT2D eigenvalue weighted by Gasteiger charge is -2.57. The van der Waals surface area contributed by atoms with Crippen LogP contribution in [0.15, 0.2) is 60.7 Å². The van der Waals surface area contributed by atoms with Gasteiger partial charge in [-0.05, 0) is 79.2 Å². The third-order valence-corrected chi connectivity index (χ3v) is 7.47. The maximum atomic E-state index is 6.42. The molecule has 6 rings (SSSR count). The lowest BCUT2D eigenvalue weighted by molar-refractivity contribution is -0.187. The van der Waals surface area contributed by atoms with Crippen LogP contribution in [0.5, 0.6) is 0 Å². The Kier molecular flexibility index (Phi) is 5.26. The normalized spacial score (nSPS) is 30.8. The fourth-order valence-electron chi connectivity index (χ4n) is 6.71. The van der Waals surface area contributed by atoms with Crippen LogP contribution in [0.25, 0.3) is 0 Å². The highest BCUT2D eigenvalue weighted by Gasteiger charge is 2.50. The van der Waals surface area contributed by atoms with Crippen LogP contribution >= 0.6 is 0 Å². The minimum atomic E-state index is 0.597. The molecule has 4 aliphatic carbocycles. The van der Waals surface area contributed by atoms with Crippen molar-refractivity contribution in [3.63, 3.8) is 0 Å². The Morgan fingerprint density at radius 2 is 1.18 bits per heavy atom. The fourth-order valence-corrected chi connectivity index (χ4v) is 6.71. The monoisotopic (exact) mass is 375 g/mol. The summed E-state index contributed by atoms with van der Waals surface area (Å²) in [5.41, 5.74) is 3.22. The minimum Gasteiger partial charge on any atom is -0.298 e. The summed E-state index contributed by atoms with van der Waals surface area (Å²) in [6.45, 7) is 2.55. The molecule has 0 saturated heterocycles. The van der Waals surface area contributed by atoms with Gasteiger partial charge in [0.2, 0.25) is 0 Å². The van der Waals surface area contributed by atoms with E-state index in [1.54, 1.807) is 0 Å². The van der Waals surface area contributed by atoms with E-state index in [1.165, 1.54) is 56.1 Å². The van der Waals surface area contributed by atoms with Gasteiger partial charge >= 0.3 is 0 Å². The highest BCUT2D eigenvalue weighted by Crippen LogP contribution is 2.61. The van der Waals surface area contributed by atoms with E-state index in [9.17, 15) is 0 Å². The zero-order valence-electron chi connectivity index (χ0n) is 16.9. The number of hydrogen-bond acceptors (Lipinski definition) is 2. The largest absolute Gasteiger partial charge is 0.298 e. The first kappa shape index (κ1) is 18.4. The number of hydrogen-bond donors (Lipinski definition) is 0. The van der Waals surface area contributed by atoms with Gasteiger partial charge in [-0.15, -0.1) is 0 Å². The molecule has 148 valence electrons. The smallest absolute Gasteiger partial charge is 0.0690 e. The van der Waals surface area contributed by atoms with Crippen LogP contribution in [0.4, 0.5) is 0 Å². The lowest BCUT2D eigenvalue weighted by atomic mass is 9.49. The Labute approximate surface area is 169 Å². The van der Waals surface area contributed by atoms with Crippen molar-refractivity contribution in [3.05, 3.63) is 71.8 Å². The maximum Gasteiger partial charge on any atom is 0.0690 e. The SMILES string of the molecule is c1ccc(CN(Cc2ccccc2)OCCC23CC4CC(CC(C4)C2)C3)cc1. The van der Waals surface area contributed by atoms with Crippen molar-refractivity contribution in [2.24, 2.45) is 23.2 Å². The van der Waals surface area contributed by atoms with Crippen LogP contribution < -0.4 is 0 Å². The van der Waals surface area contributed by atoms with Crippen molar-refractivity contribution >= 4 is 0 Å². The van der Waals surface area contributed by atoms with Gasteiger partial charge in [-0.3, -0.25) is 4.84 Å². The summed E-state index contributed by atoms with van der Waals surface area (Å²) in [6.07, 6.45) is 10.2. The van der Waals surface area contributed by atoms with Gasteiger partial charge in [-0.25, -0.2) is 0 Å². The third-order valence-electron chi connectivity index (χ3n) is 7.47. The summed E-state index contributed by atoms with van der Waals surface area (Å²) in [4.78, 5) is 6.42. The number of benzene rings is 2. The standard InChI is InChI=1S/C26H33NO/c1-3-7-21(8-4-1)19-27(20-22-9-5-2-6-10-22)28-12-11-26-16-23-13-24(17-26)15-25(14-23)18-26/h1-10,23-25H,11-20H2. The van der Waals surface area contributed by atoms with E-state index in [0.717, 1.165) is 37.5 Å². The zero-order chi connectivity index (χ0) is 18.8. The molecule has 4 saturated carbocycles. The molecular formula is C26H33NO. The summed E-state index contributed by atoms with van der Waals surface area (Å²) in [6, 6.07) is 21.4. The molecule has 0 aromatic heterocycles. The van der Waals surface area contributed by atoms with E-state index < -0.39 is 0 Å². The van der Waals surface area contributed by atoms with Gasteiger partial charge < -0.3 is 0 Å². The molecule has 0 heterocycles. The van der Waals surface area contributed by atoms with Crippen molar-refractivity contribution in [2.75, 3.05) is 6.61 Å². The van der Waals surface area contributed by atoms with Crippen LogP contribution in [-0.2, 0) is 17.9 Å². The van der Waals surface area contributed by atoms with Crippen molar-refractivity contribution in [1.29, 1.82) is 0 Å². The average molecular weight is 376 g/mol. The van der Waals surface area contributed by atoms with Crippen molar-refractivity contribution < 1.29 is 4.84 Å². The first-order chi connectivity index (χ1) is 13.8. The second-order valence-corrected chi connectivity index (χ2v) is 9.77. The predicted octanol–water partition coefficient (Wildman–Crippen LogP) is 6.23. The Morgan fingerprint density at radius 1 is 0.714 bits per heavy atom. The Hall–Kier alpha value is -1.64. The van der Waals surface area contributed by atoms with Gasteiger partial charge in [0, 0.05) is 13.1 Å². The number of rotatable bonds is 8. The summed E-state index contributed by atoms with van der Waals surface area (Å²) in [7, 11) is 0. The van der Waals surface area contributed by atoms with Gasteiger partial charge in [0.05, 0.1) is 6.61 Å². The summed E-state index contributed by atoms with van der Waals surface area (Å²) in [5, 5.41) is 2.17. The van der Waals surface area contributed by atoms with E-state index in [0.29, 0.717) is 5.41 Å². The quantitative estimate of drug-likeness (QED) is 0.507. The third kappa shape index (κ3) is 4.18. The van der Waals surface area contributed by atoms with Crippen LogP contribution in [0.2, 0.25) is 0 Å². The zero-order valence-corrected chi connectivity index (χ0v) is 16.9. The van der Waals surface area contributed by atoms with Crippen LogP contribution in [0.1, 0.15) is 56.1 Å². The molecule has 4 fully saturated rings. The van der Waals surface area contributed by atoms with E-state index in [-0.39, 0.29) is 0 Å². The average Bonchev–Trinajstić information content (AvgIpc) is 2.68. The highest BCUT2D eigenvalue weighted by molar-refractivity contribution is 5.16. The Balaban J connectivity index is 1.22. The van der Waals surface area contributed by atoms with Crippen molar-refractivity contribution in [2.45, 2.75) is 58.0 Å². The highest BCUT2D eigenvalue weighted by atomic mass is 16.7. The maximum absolute atomic E-state index is 6.42. The summed E-state index contributed by atoms with van der Waals surface area (Å²) in [5.74, 6) is 3.07. The van der Waals surface area contributed by atoms with Crippen molar-refractivity contribution in [3.8, 4) is 0 Å². The molecule has 0 N–H and O–H groups in total. The molecule has 2 nitrogen and oxygen atoms in total. The summed E-state index contributed by atoms with van der Waals surface area (Å²) >= 11 is 0. The topological polar surface area (TPSA) is 12.5 Å². The van der Waals surface area contributed by atoms with E-state index >= 15 is 0 Å². The van der Waals surface area contributed by atoms with E-state index in [1.807, 2.05) is 0 Å². The molecule has 0 amide bonds. The van der Waals surface area contributed by atoms with Crippen LogP contribution in [-0.4, -0.2) is 11.7 Å². The van der Waals surface area contributed by atoms with Gasteiger partial charge in [0.15, 0.2) is 0 Å². The second-order valence-electron chi connectivity index (χ2n) is 9.77. The molecule has 0 aliphatic heterocycles. The van der Waals surface area contributed by atoms with Crippen molar-refractivity contribution in [1.82, 2.24) is 5.06 Å². The van der Waals surface area contributed by atoms with E-state index in [4.69, 9.17) is 4.84 Å². The first-order valence-corrected chi connectivity index (χ1v) is 11.2. The Morgan fingerprint density at radius 3 is 1.64 bits per heavy atom. The number of hydroxylamine groups is 2. The summed E-state index contributed by atoms with van der Waals surface area (Å²) < 4.78 is 0. The van der Waals surface area contributed by atoms with Crippen LogP contribution in [0, 0.1) is 23.2 Å². The molecule has 2 heteroatoms. The fraction of sp³-hybridized carbons (Fsp3) is 0.538. The molecule has 0 radical (unpaired) electrons. The van der Waals surface area contributed by atoms with Gasteiger partial charge in [0.25, 0.3) is 0 Å². The van der Waals surface area contributed by atoms with Crippen LogP contribution in [0.3, 0.4) is 0 Å². The number of nitrogens with zero attached hydrogens (tertiary/aromatic N) is 1. The molecule has 4 bridgehead atoms. The van der Waals surface area contributed by atoms with Gasteiger partial charge in [-0.1, -0.05) is 60.7 Å². The molecule has 0 unspecified atom stereocenters. The van der Waals surface area contributed by atoms with E-state index in [2.05, 4.69) is 65.7 Å². The molecular weight excluding hydrogens is 342 g/mol. The molecule has 4 aliphatic rings. The molecule has 28 heavy (non-hydrogen) atoms. The van der Waals surface area contributed by atoms with Gasteiger partial charge in [-0.2, -0.15) is 5.06 Å². The second kappa shape index (κ2) is 8.00. The first-order valence-electron chi connectivity index (χ1n) is 11.2. The molecule has 0 atom stereocenters.